The molecule has 6 nitrogen and oxygen atoms in total. The Morgan fingerprint density at radius 1 is 1.03 bits per heavy atom. The van der Waals surface area contributed by atoms with Crippen molar-refractivity contribution in [3.05, 3.63) is 106 Å². The number of nitrogens with zero attached hydrogens (tertiary/aromatic N) is 1. The van der Waals surface area contributed by atoms with Crippen LogP contribution in [-0.2, 0) is 16.2 Å². The Hall–Kier alpha value is -3.97. The van der Waals surface area contributed by atoms with Crippen molar-refractivity contribution in [3.8, 4) is 5.75 Å². The summed E-state index contributed by atoms with van der Waals surface area (Å²) in [4.78, 5) is 28.6. The number of benzene rings is 3. The number of hydrogen-bond acceptors (Lipinski definition) is 4. The SMILES string of the molecule is Cc1cc(OCc2ccccc2)ccc1C([O-])=C1C(=O)C(=O)N(CC[NH+](C)C)C1c1ccc(F)cc1. The van der Waals surface area contributed by atoms with Crippen LogP contribution >= 0.6 is 0 Å². The molecular weight excluding hydrogens is 459 g/mol. The first kappa shape index (κ1) is 25.1. The lowest BCUT2D eigenvalue weighted by atomic mass is 9.94. The van der Waals surface area contributed by atoms with Gasteiger partial charge in [-0.15, -0.1) is 0 Å². The average Bonchev–Trinajstić information content (AvgIpc) is 3.12. The minimum Gasteiger partial charge on any atom is -0.872 e. The molecule has 3 aromatic carbocycles. The summed E-state index contributed by atoms with van der Waals surface area (Å²) in [5.74, 6) is -1.87. The van der Waals surface area contributed by atoms with Gasteiger partial charge in [0.05, 0.1) is 33.2 Å². The Balaban J connectivity index is 1.70. The van der Waals surface area contributed by atoms with Gasteiger partial charge in [-0.05, 0) is 53.4 Å². The van der Waals surface area contributed by atoms with Gasteiger partial charge in [0.2, 0.25) is 5.78 Å². The second-order valence-corrected chi connectivity index (χ2v) is 9.23. The Bertz CT molecular complexity index is 1290. The molecule has 36 heavy (non-hydrogen) atoms. The van der Waals surface area contributed by atoms with Gasteiger partial charge in [-0.25, -0.2) is 4.39 Å². The molecule has 4 rings (SSSR count). The third-order valence-corrected chi connectivity index (χ3v) is 6.26. The zero-order valence-corrected chi connectivity index (χ0v) is 20.6. The molecule has 1 saturated heterocycles. The number of ketones is 1. The molecule has 1 N–H and O–H groups in total. The third-order valence-electron chi connectivity index (χ3n) is 6.26. The summed E-state index contributed by atoms with van der Waals surface area (Å²) in [6.07, 6.45) is 0. The highest BCUT2D eigenvalue weighted by Crippen LogP contribution is 2.39. The first-order valence-corrected chi connectivity index (χ1v) is 11.8. The summed E-state index contributed by atoms with van der Waals surface area (Å²) in [6.45, 7) is 3.03. The van der Waals surface area contributed by atoms with Gasteiger partial charge in [0, 0.05) is 5.57 Å². The lowest BCUT2D eigenvalue weighted by molar-refractivity contribution is -0.857. The summed E-state index contributed by atoms with van der Waals surface area (Å²) in [6, 6.07) is 19.5. The maximum absolute atomic E-state index is 13.7. The van der Waals surface area contributed by atoms with E-state index in [0.717, 1.165) is 10.5 Å². The van der Waals surface area contributed by atoms with E-state index in [2.05, 4.69) is 0 Å². The van der Waals surface area contributed by atoms with Crippen LogP contribution in [0.1, 0.15) is 28.3 Å². The number of aryl methyl sites for hydroxylation is 1. The maximum atomic E-state index is 13.7. The monoisotopic (exact) mass is 488 g/mol. The fraction of sp³-hybridized carbons (Fsp3) is 0.241. The number of nitrogens with one attached hydrogen (secondary N) is 1. The smallest absolute Gasteiger partial charge is 0.295 e. The summed E-state index contributed by atoms with van der Waals surface area (Å²) < 4.78 is 19.5. The number of Topliss-reactive ketones (excluding diaryl/α,β-unsaturated/α-hetero) is 1. The van der Waals surface area contributed by atoms with E-state index in [1.807, 2.05) is 44.4 Å². The van der Waals surface area contributed by atoms with E-state index in [0.29, 0.717) is 35.6 Å². The van der Waals surface area contributed by atoms with Gasteiger partial charge in [0.25, 0.3) is 5.91 Å². The van der Waals surface area contributed by atoms with Crippen molar-refractivity contribution in [1.82, 2.24) is 4.90 Å². The number of ether oxygens (including phenoxy) is 1. The Kier molecular flexibility index (Phi) is 7.50. The number of quaternary nitrogens is 1. The van der Waals surface area contributed by atoms with Crippen molar-refractivity contribution in [2.45, 2.75) is 19.6 Å². The number of hydrogen-bond donors (Lipinski definition) is 1. The highest BCUT2D eigenvalue weighted by molar-refractivity contribution is 6.46. The first-order chi connectivity index (χ1) is 17.3. The fourth-order valence-electron chi connectivity index (χ4n) is 4.30. The number of amides is 1. The van der Waals surface area contributed by atoms with Gasteiger partial charge in [0.15, 0.2) is 0 Å². The van der Waals surface area contributed by atoms with Crippen LogP contribution in [0.15, 0.2) is 78.4 Å². The molecule has 1 aliphatic rings. The second-order valence-electron chi connectivity index (χ2n) is 9.23. The number of carbonyl (C=O) groups is 2. The summed E-state index contributed by atoms with van der Waals surface area (Å²) >= 11 is 0. The molecule has 0 spiro atoms. The number of rotatable bonds is 8. The largest absolute Gasteiger partial charge is 0.872 e. The van der Waals surface area contributed by atoms with Gasteiger partial charge in [-0.3, -0.25) is 9.59 Å². The maximum Gasteiger partial charge on any atom is 0.295 e. The number of likely N-dealkylation sites (N-methyl/N-ethyl adjacent to an activating group) is 1. The van der Waals surface area contributed by atoms with Gasteiger partial charge in [-0.2, -0.15) is 0 Å². The Labute approximate surface area is 210 Å². The lowest BCUT2D eigenvalue weighted by Crippen LogP contribution is -3.06. The molecule has 0 saturated carbocycles. The number of likely N-dealkylation sites (tertiary alicyclic amines) is 1. The van der Waals surface area contributed by atoms with Gasteiger partial charge >= 0.3 is 0 Å². The molecule has 1 unspecified atom stereocenters. The standard InChI is InChI=1S/C29H29FN2O4/c1-19-17-23(36-18-20-7-5-4-6-8-20)13-14-24(19)27(33)25-26(21-9-11-22(30)12-10-21)32(16-15-31(2)3)29(35)28(25)34/h4-14,17,26,33H,15-16,18H2,1-3H3. The second kappa shape index (κ2) is 10.7. The third kappa shape index (κ3) is 5.31. The van der Waals surface area contributed by atoms with Crippen LogP contribution in [0.3, 0.4) is 0 Å². The summed E-state index contributed by atoms with van der Waals surface area (Å²) in [5.41, 5.74) is 2.38. The van der Waals surface area contributed by atoms with E-state index in [4.69, 9.17) is 4.74 Å². The lowest BCUT2D eigenvalue weighted by Gasteiger charge is -2.28. The van der Waals surface area contributed by atoms with Crippen molar-refractivity contribution in [2.75, 3.05) is 27.2 Å². The van der Waals surface area contributed by atoms with E-state index in [-0.39, 0.29) is 12.1 Å². The van der Waals surface area contributed by atoms with Crippen LogP contribution in [0.4, 0.5) is 4.39 Å². The van der Waals surface area contributed by atoms with Gasteiger partial charge < -0.3 is 19.6 Å². The van der Waals surface area contributed by atoms with Crippen LogP contribution in [0.5, 0.6) is 5.75 Å². The molecule has 1 heterocycles. The van der Waals surface area contributed by atoms with Crippen molar-refractivity contribution in [1.29, 1.82) is 0 Å². The fourth-order valence-corrected chi connectivity index (χ4v) is 4.30. The van der Waals surface area contributed by atoms with E-state index in [9.17, 15) is 19.1 Å². The zero-order chi connectivity index (χ0) is 25.8. The van der Waals surface area contributed by atoms with Crippen LogP contribution in [0.2, 0.25) is 0 Å². The Morgan fingerprint density at radius 3 is 2.36 bits per heavy atom. The molecule has 0 aliphatic carbocycles. The molecular formula is C29H29FN2O4. The zero-order valence-electron chi connectivity index (χ0n) is 20.6. The molecule has 7 heteroatoms. The predicted octanol–water partition coefficient (Wildman–Crippen LogP) is 2.08. The molecule has 186 valence electrons. The van der Waals surface area contributed by atoms with E-state index < -0.39 is 29.3 Å². The van der Waals surface area contributed by atoms with Crippen LogP contribution < -0.4 is 14.7 Å². The van der Waals surface area contributed by atoms with E-state index in [1.54, 1.807) is 25.1 Å². The molecule has 1 fully saturated rings. The number of halogens is 1. The summed E-state index contributed by atoms with van der Waals surface area (Å²) in [7, 11) is 3.88. The Morgan fingerprint density at radius 2 is 1.72 bits per heavy atom. The topological polar surface area (TPSA) is 74.1 Å². The van der Waals surface area contributed by atoms with Crippen molar-refractivity contribution >= 4 is 17.4 Å². The first-order valence-electron chi connectivity index (χ1n) is 11.8. The highest BCUT2D eigenvalue weighted by Gasteiger charge is 2.44. The average molecular weight is 489 g/mol. The van der Waals surface area contributed by atoms with Crippen LogP contribution in [0, 0.1) is 12.7 Å². The predicted molar refractivity (Wildman–Crippen MR) is 132 cm³/mol. The number of carbonyl (C=O) groups excluding carboxylic acids is 2. The summed E-state index contributed by atoms with van der Waals surface area (Å²) in [5, 5.41) is 13.7. The molecule has 0 radical (unpaired) electrons. The molecule has 0 bridgehead atoms. The molecule has 3 aromatic rings. The molecule has 1 amide bonds. The minimum atomic E-state index is -0.870. The van der Waals surface area contributed by atoms with E-state index >= 15 is 0 Å². The molecule has 1 atom stereocenters. The van der Waals surface area contributed by atoms with Gasteiger partial charge in [-0.1, -0.05) is 54.3 Å². The molecule has 1 aliphatic heterocycles. The van der Waals surface area contributed by atoms with Crippen LogP contribution in [-0.4, -0.2) is 43.8 Å². The quantitative estimate of drug-likeness (QED) is 0.299. The van der Waals surface area contributed by atoms with E-state index in [1.165, 1.54) is 29.2 Å². The van der Waals surface area contributed by atoms with Crippen molar-refractivity contribution in [3.63, 3.8) is 0 Å². The minimum absolute atomic E-state index is 0.110. The highest BCUT2D eigenvalue weighted by atomic mass is 19.1. The van der Waals surface area contributed by atoms with Crippen molar-refractivity contribution < 1.29 is 28.7 Å². The van der Waals surface area contributed by atoms with Crippen LogP contribution in [0.25, 0.3) is 5.76 Å². The van der Waals surface area contributed by atoms with Gasteiger partial charge in [0.1, 0.15) is 18.2 Å². The van der Waals surface area contributed by atoms with Crippen molar-refractivity contribution in [2.24, 2.45) is 0 Å². The molecule has 0 aromatic heterocycles. The normalized spacial score (nSPS) is 17.1.